The average molecular weight is 354 g/mol. The first kappa shape index (κ1) is 17.8. The Bertz CT molecular complexity index is 774. The third kappa shape index (κ3) is 4.53. The van der Waals surface area contributed by atoms with Crippen LogP contribution in [-0.4, -0.2) is 31.8 Å². The van der Waals surface area contributed by atoms with Crippen LogP contribution in [0.25, 0.3) is 0 Å². The first-order chi connectivity index (χ1) is 12.7. The van der Waals surface area contributed by atoms with Crippen molar-refractivity contribution in [2.45, 2.75) is 19.9 Å². The van der Waals surface area contributed by atoms with Crippen LogP contribution >= 0.6 is 0 Å². The molecule has 6 heteroatoms. The monoisotopic (exact) mass is 354 g/mol. The fourth-order valence-corrected chi connectivity index (χ4v) is 2.78. The van der Waals surface area contributed by atoms with Gasteiger partial charge in [-0.1, -0.05) is 24.3 Å². The highest BCUT2D eigenvalue weighted by Crippen LogP contribution is 2.20. The number of hydrogen-bond acceptors (Lipinski definition) is 4. The molecule has 0 aromatic heterocycles. The molecule has 2 aromatic carbocycles. The predicted molar refractivity (Wildman–Crippen MR) is 98.3 cm³/mol. The van der Waals surface area contributed by atoms with Crippen molar-refractivity contribution in [3.63, 3.8) is 0 Å². The van der Waals surface area contributed by atoms with Crippen LogP contribution < -0.4 is 15.0 Å². The molecular formula is C20H22N2O4. The first-order valence-corrected chi connectivity index (χ1v) is 8.67. The summed E-state index contributed by atoms with van der Waals surface area (Å²) in [5, 5.41) is 2.91. The lowest BCUT2D eigenvalue weighted by Crippen LogP contribution is -2.25. The third-order valence-electron chi connectivity index (χ3n) is 4.07. The highest BCUT2D eigenvalue weighted by Gasteiger charge is 2.23. The van der Waals surface area contributed by atoms with Gasteiger partial charge in [0.1, 0.15) is 12.4 Å². The second kappa shape index (κ2) is 8.38. The Labute approximate surface area is 152 Å². The molecule has 0 unspecified atom stereocenters. The summed E-state index contributed by atoms with van der Waals surface area (Å²) < 4.78 is 10.4. The minimum absolute atomic E-state index is 0.0554. The molecule has 26 heavy (non-hydrogen) atoms. The quantitative estimate of drug-likeness (QED) is 0.830. The van der Waals surface area contributed by atoms with Gasteiger partial charge < -0.3 is 14.8 Å². The number of amides is 2. The van der Waals surface area contributed by atoms with E-state index in [2.05, 4.69) is 5.32 Å². The normalized spacial score (nSPS) is 13.4. The molecule has 0 radical (unpaired) electrons. The van der Waals surface area contributed by atoms with E-state index in [1.165, 1.54) is 0 Å². The Kier molecular flexibility index (Phi) is 5.73. The zero-order chi connectivity index (χ0) is 18.4. The van der Waals surface area contributed by atoms with Crippen molar-refractivity contribution < 1.29 is 19.1 Å². The zero-order valence-electron chi connectivity index (χ0n) is 14.7. The van der Waals surface area contributed by atoms with Crippen LogP contribution in [0.3, 0.4) is 0 Å². The summed E-state index contributed by atoms with van der Waals surface area (Å²) in [5.41, 5.74) is 2.65. The molecule has 1 fully saturated rings. The largest absolute Gasteiger partial charge is 0.494 e. The molecule has 1 aliphatic heterocycles. The molecule has 1 N–H and O–H groups in total. The molecule has 6 nitrogen and oxygen atoms in total. The molecule has 1 aliphatic rings. The Morgan fingerprint density at radius 2 is 2.00 bits per heavy atom. The molecule has 0 atom stereocenters. The molecule has 0 spiro atoms. The molecule has 2 amide bonds. The smallest absolute Gasteiger partial charge is 0.414 e. The molecule has 1 saturated heterocycles. The summed E-state index contributed by atoms with van der Waals surface area (Å²) in [6, 6.07) is 15.1. The van der Waals surface area contributed by atoms with Crippen molar-refractivity contribution in [3.05, 3.63) is 59.7 Å². The van der Waals surface area contributed by atoms with Gasteiger partial charge in [-0.05, 0) is 42.3 Å². The van der Waals surface area contributed by atoms with Gasteiger partial charge in [-0.2, -0.15) is 0 Å². The summed E-state index contributed by atoms with van der Waals surface area (Å²) in [6.07, 6.45) is -0.0217. The minimum Gasteiger partial charge on any atom is -0.494 e. The van der Waals surface area contributed by atoms with Gasteiger partial charge in [-0.3, -0.25) is 9.69 Å². The van der Waals surface area contributed by atoms with Gasteiger partial charge >= 0.3 is 6.09 Å². The van der Waals surface area contributed by atoms with Gasteiger partial charge in [-0.25, -0.2) is 4.79 Å². The topological polar surface area (TPSA) is 67.9 Å². The fraction of sp³-hybridized carbons (Fsp3) is 0.300. The van der Waals surface area contributed by atoms with Gasteiger partial charge in [0, 0.05) is 12.2 Å². The van der Waals surface area contributed by atoms with Gasteiger partial charge in [0.2, 0.25) is 5.91 Å². The molecule has 3 rings (SSSR count). The highest BCUT2D eigenvalue weighted by atomic mass is 16.6. The van der Waals surface area contributed by atoms with E-state index in [1.54, 1.807) is 4.90 Å². The van der Waals surface area contributed by atoms with Crippen LogP contribution in [0, 0.1) is 0 Å². The fourth-order valence-electron chi connectivity index (χ4n) is 2.78. The molecule has 0 saturated carbocycles. The average Bonchev–Trinajstić information content (AvgIpc) is 3.08. The SMILES string of the molecule is CCOc1ccc(CC(=O)NCc2cccc(N3CCOC3=O)c2)cc1. The molecule has 2 aromatic rings. The van der Waals surface area contributed by atoms with Crippen molar-refractivity contribution in [2.75, 3.05) is 24.7 Å². The molecule has 1 heterocycles. The third-order valence-corrected chi connectivity index (χ3v) is 4.07. The van der Waals surface area contributed by atoms with Gasteiger partial charge in [0.25, 0.3) is 0 Å². The maximum Gasteiger partial charge on any atom is 0.414 e. The van der Waals surface area contributed by atoms with Crippen molar-refractivity contribution >= 4 is 17.7 Å². The van der Waals surface area contributed by atoms with Crippen LogP contribution in [-0.2, 0) is 22.5 Å². The lowest BCUT2D eigenvalue weighted by Gasteiger charge is -2.14. The predicted octanol–water partition coefficient (Wildman–Crippen LogP) is 2.90. The van der Waals surface area contributed by atoms with Gasteiger partial charge in [0.05, 0.1) is 19.6 Å². The van der Waals surface area contributed by atoms with Gasteiger partial charge in [0.15, 0.2) is 0 Å². The number of nitrogens with one attached hydrogen (secondary N) is 1. The number of carbonyl (C=O) groups is 2. The number of nitrogens with zero attached hydrogens (tertiary/aromatic N) is 1. The second-order valence-electron chi connectivity index (χ2n) is 5.97. The molecule has 0 aliphatic carbocycles. The number of rotatable bonds is 7. The summed E-state index contributed by atoms with van der Waals surface area (Å²) in [6.45, 7) is 3.91. The van der Waals surface area contributed by atoms with Crippen molar-refractivity contribution in [2.24, 2.45) is 0 Å². The van der Waals surface area contributed by atoms with Crippen molar-refractivity contribution in [3.8, 4) is 5.75 Å². The van der Waals surface area contributed by atoms with E-state index in [0.717, 1.165) is 22.6 Å². The van der Waals surface area contributed by atoms with E-state index in [-0.39, 0.29) is 12.0 Å². The molecule has 136 valence electrons. The van der Waals surface area contributed by atoms with E-state index in [0.29, 0.717) is 32.7 Å². The lowest BCUT2D eigenvalue weighted by atomic mass is 10.1. The minimum atomic E-state index is -0.332. The van der Waals surface area contributed by atoms with E-state index in [9.17, 15) is 9.59 Å². The number of hydrogen-bond donors (Lipinski definition) is 1. The Morgan fingerprint density at radius 3 is 2.69 bits per heavy atom. The lowest BCUT2D eigenvalue weighted by molar-refractivity contribution is -0.120. The van der Waals surface area contributed by atoms with Crippen molar-refractivity contribution in [1.82, 2.24) is 5.32 Å². The Hall–Kier alpha value is -3.02. The Morgan fingerprint density at radius 1 is 1.19 bits per heavy atom. The van der Waals surface area contributed by atoms with E-state index >= 15 is 0 Å². The van der Waals surface area contributed by atoms with Crippen LogP contribution in [0.15, 0.2) is 48.5 Å². The number of ether oxygens (including phenoxy) is 2. The summed E-state index contributed by atoms with van der Waals surface area (Å²) in [4.78, 5) is 25.4. The van der Waals surface area contributed by atoms with Crippen LogP contribution in [0.2, 0.25) is 0 Å². The summed E-state index contributed by atoms with van der Waals surface area (Å²) in [7, 11) is 0. The number of benzene rings is 2. The Balaban J connectivity index is 1.53. The maximum absolute atomic E-state index is 12.2. The van der Waals surface area contributed by atoms with Gasteiger partial charge in [-0.15, -0.1) is 0 Å². The summed E-state index contributed by atoms with van der Waals surface area (Å²) in [5.74, 6) is 0.744. The first-order valence-electron chi connectivity index (χ1n) is 8.67. The van der Waals surface area contributed by atoms with Crippen LogP contribution in [0.1, 0.15) is 18.1 Å². The number of cyclic esters (lactones) is 1. The van der Waals surface area contributed by atoms with E-state index in [1.807, 2.05) is 55.5 Å². The number of carbonyl (C=O) groups excluding carboxylic acids is 2. The number of anilines is 1. The zero-order valence-corrected chi connectivity index (χ0v) is 14.7. The standard InChI is InChI=1S/C20H22N2O4/c1-2-25-18-8-6-15(7-9-18)13-19(23)21-14-16-4-3-5-17(12-16)22-10-11-26-20(22)24/h3-9,12H,2,10-11,13-14H2,1H3,(H,21,23). The molecule has 0 bridgehead atoms. The van der Waals surface area contributed by atoms with Crippen LogP contribution in [0.5, 0.6) is 5.75 Å². The van der Waals surface area contributed by atoms with Crippen LogP contribution in [0.4, 0.5) is 10.5 Å². The summed E-state index contributed by atoms with van der Waals surface area (Å²) >= 11 is 0. The van der Waals surface area contributed by atoms with E-state index in [4.69, 9.17) is 9.47 Å². The van der Waals surface area contributed by atoms with Crippen molar-refractivity contribution in [1.29, 1.82) is 0 Å². The molecular weight excluding hydrogens is 332 g/mol. The second-order valence-corrected chi connectivity index (χ2v) is 5.97. The van der Waals surface area contributed by atoms with E-state index < -0.39 is 0 Å². The maximum atomic E-state index is 12.2. The highest BCUT2D eigenvalue weighted by molar-refractivity contribution is 5.89.